The number of aromatic nitrogens is 1. The van der Waals surface area contributed by atoms with Crippen LogP contribution in [0, 0.1) is 0 Å². The van der Waals surface area contributed by atoms with Gasteiger partial charge < -0.3 is 9.47 Å². The molecule has 9 heteroatoms. The van der Waals surface area contributed by atoms with Gasteiger partial charge in [0.25, 0.3) is 5.91 Å². The first kappa shape index (κ1) is 22.0. The van der Waals surface area contributed by atoms with Gasteiger partial charge in [0.05, 0.1) is 24.6 Å². The Morgan fingerprint density at radius 1 is 1.16 bits per heavy atom. The third-order valence-corrected chi connectivity index (χ3v) is 6.79. The minimum atomic E-state index is -0.467. The molecule has 1 unspecified atom stereocenters. The summed E-state index contributed by atoms with van der Waals surface area (Å²) in [6.07, 6.45) is 2.24. The number of thioether (sulfide) groups is 1. The van der Waals surface area contributed by atoms with E-state index in [-0.39, 0.29) is 24.3 Å². The number of esters is 1. The van der Waals surface area contributed by atoms with E-state index >= 15 is 0 Å². The summed E-state index contributed by atoms with van der Waals surface area (Å²) >= 11 is 2.74. The Kier molecular flexibility index (Phi) is 7.18. The Balaban J connectivity index is 1.45. The fourth-order valence-electron chi connectivity index (χ4n) is 3.28. The van der Waals surface area contributed by atoms with Gasteiger partial charge in [-0.05, 0) is 23.3 Å². The number of thiazole rings is 1. The van der Waals surface area contributed by atoms with E-state index in [4.69, 9.17) is 9.47 Å². The predicted octanol–water partition coefficient (Wildman–Crippen LogP) is 4.16. The molecule has 7 nitrogen and oxygen atoms in total. The quantitative estimate of drug-likeness (QED) is 0.365. The largest absolute Gasteiger partial charge is 0.497 e. The second-order valence-electron chi connectivity index (χ2n) is 6.89. The Hall–Kier alpha value is -3.17. The van der Waals surface area contributed by atoms with Gasteiger partial charge in [-0.1, -0.05) is 54.2 Å². The van der Waals surface area contributed by atoms with Crippen LogP contribution in [0.3, 0.4) is 0 Å². The van der Waals surface area contributed by atoms with Crippen molar-refractivity contribution in [3.05, 3.63) is 77.3 Å². The lowest BCUT2D eigenvalue weighted by Crippen LogP contribution is -2.31. The van der Waals surface area contributed by atoms with Crippen LogP contribution >= 0.6 is 23.1 Å². The molecule has 1 amide bonds. The number of nitrogens with zero attached hydrogens (tertiary/aromatic N) is 3. The highest BCUT2D eigenvalue weighted by Crippen LogP contribution is 2.33. The van der Waals surface area contributed by atoms with Gasteiger partial charge in [0.1, 0.15) is 10.1 Å². The summed E-state index contributed by atoms with van der Waals surface area (Å²) in [6.45, 7) is -0.366. The van der Waals surface area contributed by atoms with Crippen molar-refractivity contribution in [2.24, 2.45) is 5.10 Å². The lowest BCUT2D eigenvalue weighted by Gasteiger charge is -2.22. The number of carbonyl (C=O) groups excluding carboxylic acids is 2. The predicted molar refractivity (Wildman–Crippen MR) is 124 cm³/mol. The van der Waals surface area contributed by atoms with E-state index in [1.807, 2.05) is 60.0 Å². The van der Waals surface area contributed by atoms with Crippen molar-refractivity contribution in [1.82, 2.24) is 9.99 Å². The van der Waals surface area contributed by atoms with E-state index in [1.165, 1.54) is 28.1 Å². The number of carbonyl (C=O) groups is 2. The molecule has 0 radical (unpaired) electrons. The molecule has 0 aliphatic carbocycles. The van der Waals surface area contributed by atoms with Crippen LogP contribution in [0.15, 0.2) is 75.6 Å². The maximum atomic E-state index is 13.0. The van der Waals surface area contributed by atoms with Gasteiger partial charge in [0.2, 0.25) is 0 Å². The van der Waals surface area contributed by atoms with Crippen molar-refractivity contribution in [3.8, 4) is 5.75 Å². The minimum absolute atomic E-state index is 0.0984. The van der Waals surface area contributed by atoms with Crippen molar-refractivity contribution in [3.63, 3.8) is 0 Å². The number of benzene rings is 2. The number of methoxy groups -OCH3 is 1. The zero-order chi connectivity index (χ0) is 22.3. The van der Waals surface area contributed by atoms with E-state index in [9.17, 15) is 9.59 Å². The molecule has 1 atom stereocenters. The molecule has 1 aliphatic heterocycles. The standard InChI is InChI=1S/C23H21N3O4S2/c1-29-18-9-7-17(8-10-18)20-13-19(16-5-3-2-4-6-16)25-26(20)21(27)14-30-22(28)15-32-23-24-11-12-31-23/h2-12,20H,13-15H2,1H3. The van der Waals surface area contributed by atoms with Crippen molar-refractivity contribution in [2.45, 2.75) is 16.8 Å². The molecule has 0 N–H and O–H groups in total. The minimum Gasteiger partial charge on any atom is -0.497 e. The van der Waals surface area contributed by atoms with Crippen molar-refractivity contribution >= 4 is 40.7 Å². The summed E-state index contributed by atoms with van der Waals surface area (Å²) in [5, 5.41) is 7.85. The summed E-state index contributed by atoms with van der Waals surface area (Å²) in [6, 6.07) is 17.0. The average molecular weight is 468 g/mol. The molecule has 0 bridgehead atoms. The fraction of sp³-hybridized carbons (Fsp3) is 0.217. The monoisotopic (exact) mass is 467 g/mol. The second kappa shape index (κ2) is 10.4. The second-order valence-corrected chi connectivity index (χ2v) is 9.01. The topological polar surface area (TPSA) is 81.1 Å². The maximum Gasteiger partial charge on any atom is 0.316 e. The van der Waals surface area contributed by atoms with Gasteiger partial charge in [0, 0.05) is 18.0 Å². The van der Waals surface area contributed by atoms with Gasteiger partial charge in [-0.25, -0.2) is 9.99 Å². The number of hydrazone groups is 1. The van der Waals surface area contributed by atoms with Crippen molar-refractivity contribution in [1.29, 1.82) is 0 Å². The van der Waals surface area contributed by atoms with Gasteiger partial charge in [0.15, 0.2) is 6.61 Å². The van der Waals surface area contributed by atoms with Crippen molar-refractivity contribution in [2.75, 3.05) is 19.5 Å². The Morgan fingerprint density at radius 3 is 2.62 bits per heavy atom. The Labute approximate surface area is 194 Å². The van der Waals surface area contributed by atoms with Crippen LogP contribution in [0.4, 0.5) is 0 Å². The van der Waals surface area contributed by atoms with E-state index in [2.05, 4.69) is 10.1 Å². The summed E-state index contributed by atoms with van der Waals surface area (Å²) in [5.41, 5.74) is 2.70. The third-order valence-electron chi connectivity index (χ3n) is 4.85. The van der Waals surface area contributed by atoms with E-state index in [0.29, 0.717) is 6.42 Å². The molecule has 3 aromatic rings. The lowest BCUT2D eigenvalue weighted by atomic mass is 9.98. The molecule has 1 aromatic heterocycles. The summed E-state index contributed by atoms with van der Waals surface area (Å²) in [5.74, 6) is -0.00263. The summed E-state index contributed by atoms with van der Waals surface area (Å²) in [4.78, 5) is 29.2. The molecule has 0 saturated heterocycles. The number of rotatable bonds is 8. The first-order chi connectivity index (χ1) is 15.6. The maximum absolute atomic E-state index is 13.0. The number of hydrogen-bond donors (Lipinski definition) is 0. The van der Waals surface area contributed by atoms with Crippen LogP contribution in [-0.2, 0) is 14.3 Å². The number of ether oxygens (including phenoxy) is 2. The normalized spacial score (nSPS) is 15.3. The fourth-order valence-corrected chi connectivity index (χ4v) is 4.72. The highest BCUT2D eigenvalue weighted by molar-refractivity contribution is 8.01. The molecule has 4 rings (SSSR count). The zero-order valence-corrected chi connectivity index (χ0v) is 19.0. The highest BCUT2D eigenvalue weighted by atomic mass is 32.2. The first-order valence-corrected chi connectivity index (χ1v) is 11.8. The first-order valence-electron chi connectivity index (χ1n) is 9.91. The lowest BCUT2D eigenvalue weighted by molar-refractivity contribution is -0.150. The highest BCUT2D eigenvalue weighted by Gasteiger charge is 2.33. The molecule has 0 fully saturated rings. The van der Waals surface area contributed by atoms with E-state index in [0.717, 1.165) is 26.9 Å². The summed E-state index contributed by atoms with van der Waals surface area (Å²) < 4.78 is 11.2. The van der Waals surface area contributed by atoms with Gasteiger partial charge >= 0.3 is 5.97 Å². The van der Waals surface area contributed by atoms with Gasteiger partial charge in [-0.2, -0.15) is 5.10 Å². The molecule has 1 aliphatic rings. The van der Waals surface area contributed by atoms with Gasteiger partial charge in [-0.3, -0.25) is 9.59 Å². The molecule has 32 heavy (non-hydrogen) atoms. The molecule has 2 heterocycles. The third kappa shape index (κ3) is 5.35. The smallest absolute Gasteiger partial charge is 0.316 e. The van der Waals surface area contributed by atoms with Crippen LogP contribution in [0.2, 0.25) is 0 Å². The van der Waals surface area contributed by atoms with E-state index in [1.54, 1.807) is 13.3 Å². The van der Waals surface area contributed by atoms with Gasteiger partial charge in [-0.15, -0.1) is 11.3 Å². The molecular formula is C23H21N3O4S2. The molecule has 0 spiro atoms. The molecule has 0 saturated carbocycles. The molecule has 2 aromatic carbocycles. The number of amides is 1. The van der Waals surface area contributed by atoms with Crippen LogP contribution in [0.1, 0.15) is 23.6 Å². The van der Waals surface area contributed by atoms with Crippen molar-refractivity contribution < 1.29 is 19.1 Å². The van der Waals surface area contributed by atoms with Crippen LogP contribution in [0.25, 0.3) is 0 Å². The number of hydrogen-bond acceptors (Lipinski definition) is 8. The summed E-state index contributed by atoms with van der Waals surface area (Å²) in [7, 11) is 1.61. The average Bonchev–Trinajstić information content (AvgIpc) is 3.52. The van der Waals surface area contributed by atoms with E-state index < -0.39 is 5.97 Å². The van der Waals surface area contributed by atoms with Crippen LogP contribution in [-0.4, -0.2) is 47.1 Å². The molecule has 164 valence electrons. The SMILES string of the molecule is COc1ccc(C2CC(c3ccccc3)=NN2C(=O)COC(=O)CSc2nccs2)cc1. The zero-order valence-electron chi connectivity index (χ0n) is 17.3. The van der Waals surface area contributed by atoms with Crippen LogP contribution < -0.4 is 4.74 Å². The van der Waals surface area contributed by atoms with Crippen LogP contribution in [0.5, 0.6) is 5.75 Å². The Morgan fingerprint density at radius 2 is 1.94 bits per heavy atom. The Bertz CT molecular complexity index is 1090. The molecular weight excluding hydrogens is 446 g/mol.